The highest BCUT2D eigenvalue weighted by atomic mass is 16.4. The van der Waals surface area contributed by atoms with E-state index in [0.29, 0.717) is 11.3 Å². The Morgan fingerprint density at radius 2 is 2.05 bits per heavy atom. The molecule has 0 radical (unpaired) electrons. The molecule has 0 aliphatic rings. The third-order valence-electron chi connectivity index (χ3n) is 3.99. The molecule has 0 amide bonds. The summed E-state index contributed by atoms with van der Waals surface area (Å²) in [5.74, 6) is 0.758. The number of nitrogens with zero attached hydrogens (tertiary/aromatic N) is 1. The molecule has 0 spiro atoms. The van der Waals surface area contributed by atoms with E-state index >= 15 is 0 Å². The van der Waals surface area contributed by atoms with Crippen molar-refractivity contribution in [3.63, 3.8) is 0 Å². The monoisotopic (exact) mass is 277 g/mol. The first-order valence-corrected chi connectivity index (χ1v) is 7.04. The summed E-state index contributed by atoms with van der Waals surface area (Å²) in [4.78, 5) is 0. The Hall–Kier alpha value is -1.55. The summed E-state index contributed by atoms with van der Waals surface area (Å²) < 4.78 is 0. The molecule has 0 saturated heterocycles. The van der Waals surface area contributed by atoms with Crippen molar-refractivity contribution in [2.45, 2.75) is 41.2 Å². The number of amidine groups is 1. The standard InChI is InChI=1S/C16H27N3O/c1-11-8-13(15(17)19-20)6-7-14(11)10-18-9-12(2)16(3,4)5/h6-8,12,18,20H,9-10H2,1-5H3,(H2,17,19). The number of nitrogens with one attached hydrogen (secondary N) is 1. The van der Waals surface area contributed by atoms with Crippen LogP contribution in [0.3, 0.4) is 0 Å². The summed E-state index contributed by atoms with van der Waals surface area (Å²) in [6.45, 7) is 12.9. The molecule has 4 N–H and O–H groups in total. The zero-order valence-corrected chi connectivity index (χ0v) is 13.2. The molecular weight excluding hydrogens is 250 g/mol. The van der Waals surface area contributed by atoms with Crippen LogP contribution in [0.25, 0.3) is 0 Å². The van der Waals surface area contributed by atoms with E-state index in [1.165, 1.54) is 5.56 Å². The van der Waals surface area contributed by atoms with Crippen molar-refractivity contribution < 1.29 is 5.21 Å². The maximum atomic E-state index is 8.68. The molecule has 0 fully saturated rings. The zero-order chi connectivity index (χ0) is 15.3. The van der Waals surface area contributed by atoms with Crippen LogP contribution < -0.4 is 11.1 Å². The van der Waals surface area contributed by atoms with Gasteiger partial charge in [0.15, 0.2) is 5.84 Å². The van der Waals surface area contributed by atoms with Crippen molar-refractivity contribution in [2.75, 3.05) is 6.54 Å². The Morgan fingerprint density at radius 3 is 2.55 bits per heavy atom. The van der Waals surface area contributed by atoms with E-state index in [1.807, 2.05) is 25.1 Å². The molecule has 20 heavy (non-hydrogen) atoms. The molecule has 1 rings (SSSR count). The molecule has 112 valence electrons. The van der Waals surface area contributed by atoms with Gasteiger partial charge in [-0.1, -0.05) is 45.0 Å². The van der Waals surface area contributed by atoms with Gasteiger partial charge in [0.25, 0.3) is 0 Å². The van der Waals surface area contributed by atoms with Gasteiger partial charge in [-0.05, 0) is 42.0 Å². The third kappa shape index (κ3) is 4.53. The van der Waals surface area contributed by atoms with Gasteiger partial charge in [-0.3, -0.25) is 0 Å². The average molecular weight is 277 g/mol. The van der Waals surface area contributed by atoms with Crippen molar-refractivity contribution in [3.8, 4) is 0 Å². The van der Waals surface area contributed by atoms with Gasteiger partial charge in [-0.15, -0.1) is 0 Å². The minimum absolute atomic E-state index is 0.147. The second kappa shape index (κ2) is 6.75. The number of hydrogen-bond acceptors (Lipinski definition) is 3. The highest BCUT2D eigenvalue weighted by Gasteiger charge is 2.19. The van der Waals surface area contributed by atoms with Crippen LogP contribution in [0.15, 0.2) is 23.4 Å². The number of benzene rings is 1. The van der Waals surface area contributed by atoms with Crippen molar-refractivity contribution in [1.29, 1.82) is 0 Å². The molecule has 0 heterocycles. The molecule has 0 bridgehead atoms. The average Bonchev–Trinajstić information content (AvgIpc) is 2.38. The van der Waals surface area contributed by atoms with E-state index < -0.39 is 0 Å². The smallest absolute Gasteiger partial charge is 0.170 e. The second-order valence-electron chi connectivity index (χ2n) is 6.52. The highest BCUT2D eigenvalue weighted by molar-refractivity contribution is 5.97. The fourth-order valence-corrected chi connectivity index (χ4v) is 1.84. The SMILES string of the molecule is Cc1cc(/C(N)=N/O)ccc1CNCC(C)C(C)(C)C. The van der Waals surface area contributed by atoms with Crippen LogP contribution in [0.1, 0.15) is 44.4 Å². The maximum absolute atomic E-state index is 8.68. The number of hydrogen-bond donors (Lipinski definition) is 3. The lowest BCUT2D eigenvalue weighted by atomic mass is 9.82. The van der Waals surface area contributed by atoms with Gasteiger partial charge in [0, 0.05) is 12.1 Å². The van der Waals surface area contributed by atoms with E-state index in [2.05, 4.69) is 38.2 Å². The molecule has 0 aromatic heterocycles. The van der Waals surface area contributed by atoms with Crippen LogP contribution in [0.4, 0.5) is 0 Å². The van der Waals surface area contributed by atoms with E-state index in [9.17, 15) is 0 Å². The molecule has 4 nitrogen and oxygen atoms in total. The molecule has 1 unspecified atom stereocenters. The van der Waals surface area contributed by atoms with E-state index in [1.54, 1.807) is 0 Å². The predicted octanol–water partition coefficient (Wildman–Crippen LogP) is 2.86. The van der Waals surface area contributed by atoms with Crippen LogP contribution in [-0.2, 0) is 6.54 Å². The number of aryl methyl sites for hydroxylation is 1. The van der Waals surface area contributed by atoms with Gasteiger partial charge in [-0.25, -0.2) is 0 Å². The molecule has 1 aromatic rings. The highest BCUT2D eigenvalue weighted by Crippen LogP contribution is 2.24. The molecule has 1 aromatic carbocycles. The topological polar surface area (TPSA) is 70.6 Å². The largest absolute Gasteiger partial charge is 0.409 e. The quantitative estimate of drug-likeness (QED) is 0.335. The van der Waals surface area contributed by atoms with Crippen molar-refractivity contribution in [1.82, 2.24) is 5.32 Å². The summed E-state index contributed by atoms with van der Waals surface area (Å²) in [5, 5.41) is 15.2. The zero-order valence-electron chi connectivity index (χ0n) is 13.2. The summed E-state index contributed by atoms with van der Waals surface area (Å²) >= 11 is 0. The third-order valence-corrected chi connectivity index (χ3v) is 3.99. The van der Waals surface area contributed by atoms with Gasteiger partial charge in [0.1, 0.15) is 0 Å². The fraction of sp³-hybridized carbons (Fsp3) is 0.562. The molecule has 1 atom stereocenters. The second-order valence-corrected chi connectivity index (χ2v) is 6.52. The maximum Gasteiger partial charge on any atom is 0.170 e. The lowest BCUT2D eigenvalue weighted by Gasteiger charge is -2.27. The van der Waals surface area contributed by atoms with Gasteiger partial charge >= 0.3 is 0 Å². The predicted molar refractivity (Wildman–Crippen MR) is 84.0 cm³/mol. The van der Waals surface area contributed by atoms with Crippen molar-refractivity contribution >= 4 is 5.84 Å². The summed E-state index contributed by atoms with van der Waals surface area (Å²) in [6, 6.07) is 5.85. The Labute approximate surface area is 122 Å². The summed E-state index contributed by atoms with van der Waals surface area (Å²) in [6.07, 6.45) is 0. The molecule has 0 saturated carbocycles. The Bertz CT molecular complexity index is 475. The Balaban J connectivity index is 2.62. The summed E-state index contributed by atoms with van der Waals surface area (Å²) in [5.41, 5.74) is 9.03. The first kappa shape index (κ1) is 16.5. The van der Waals surface area contributed by atoms with Crippen LogP contribution in [0.5, 0.6) is 0 Å². The van der Waals surface area contributed by atoms with Crippen LogP contribution >= 0.6 is 0 Å². The van der Waals surface area contributed by atoms with Crippen molar-refractivity contribution in [2.24, 2.45) is 22.2 Å². The summed E-state index contributed by atoms with van der Waals surface area (Å²) in [7, 11) is 0. The van der Waals surface area contributed by atoms with E-state index in [4.69, 9.17) is 10.9 Å². The van der Waals surface area contributed by atoms with Crippen molar-refractivity contribution in [3.05, 3.63) is 34.9 Å². The van der Waals surface area contributed by atoms with Gasteiger partial charge in [-0.2, -0.15) is 0 Å². The first-order valence-electron chi connectivity index (χ1n) is 7.04. The van der Waals surface area contributed by atoms with Crippen LogP contribution in [-0.4, -0.2) is 17.6 Å². The number of rotatable bonds is 5. The lowest BCUT2D eigenvalue weighted by Crippen LogP contribution is -2.29. The van der Waals surface area contributed by atoms with E-state index in [0.717, 1.165) is 24.2 Å². The fourth-order valence-electron chi connectivity index (χ4n) is 1.84. The molecule has 0 aliphatic heterocycles. The van der Waals surface area contributed by atoms with Crippen LogP contribution in [0, 0.1) is 18.3 Å². The minimum Gasteiger partial charge on any atom is -0.409 e. The van der Waals surface area contributed by atoms with Crippen LogP contribution in [0.2, 0.25) is 0 Å². The van der Waals surface area contributed by atoms with Gasteiger partial charge < -0.3 is 16.3 Å². The molecular formula is C16H27N3O. The normalized spacial score (nSPS) is 14.3. The first-order chi connectivity index (χ1) is 9.25. The lowest BCUT2D eigenvalue weighted by molar-refractivity contribution is 0.252. The Kier molecular flexibility index (Phi) is 5.57. The molecule has 4 heteroatoms. The number of nitrogens with two attached hydrogens (primary N) is 1. The number of oxime groups is 1. The van der Waals surface area contributed by atoms with Gasteiger partial charge in [0.05, 0.1) is 0 Å². The minimum atomic E-state index is 0.147. The van der Waals surface area contributed by atoms with E-state index in [-0.39, 0.29) is 5.84 Å². The molecule has 0 aliphatic carbocycles. The van der Waals surface area contributed by atoms with Gasteiger partial charge in [0.2, 0.25) is 0 Å². The Morgan fingerprint density at radius 1 is 1.40 bits per heavy atom.